The molecule has 0 saturated heterocycles. The number of ether oxygens (including phenoxy) is 1. The average molecular weight is 351 g/mol. The van der Waals surface area contributed by atoms with E-state index < -0.39 is 5.24 Å². The van der Waals surface area contributed by atoms with Crippen LogP contribution in [0.4, 0.5) is 0 Å². The first-order valence-electron chi connectivity index (χ1n) is 7.97. The van der Waals surface area contributed by atoms with Gasteiger partial charge in [0.15, 0.2) is 0 Å². The summed E-state index contributed by atoms with van der Waals surface area (Å²) in [4.78, 5) is 11.9. The van der Waals surface area contributed by atoms with Crippen molar-refractivity contribution in [1.29, 1.82) is 0 Å². The molecule has 1 aromatic rings. The smallest absolute Gasteiger partial charge is 0.253 e. The first kappa shape index (κ1) is 15.7. The largest absolute Gasteiger partial charge is 0.456 e. The van der Waals surface area contributed by atoms with Gasteiger partial charge in [0, 0.05) is 34.8 Å². The lowest BCUT2D eigenvalue weighted by atomic mass is 9.83. The van der Waals surface area contributed by atoms with Crippen molar-refractivity contribution in [1.82, 2.24) is 0 Å². The van der Waals surface area contributed by atoms with E-state index in [0.717, 1.165) is 40.2 Å². The molecule has 25 heavy (non-hydrogen) atoms. The van der Waals surface area contributed by atoms with Crippen molar-refractivity contribution < 1.29 is 9.53 Å². The summed E-state index contributed by atoms with van der Waals surface area (Å²) in [5, 5.41) is 3.30. The number of rotatable bonds is 2. The summed E-state index contributed by atoms with van der Waals surface area (Å²) in [5.41, 5.74) is 4.84. The molecule has 4 rings (SSSR count). The Morgan fingerprint density at radius 2 is 2.04 bits per heavy atom. The SMILES string of the molecule is NN=C1C=C2OC3=CCC=CC3=C(c3ccccc3C(=O)Cl)C2=CC1. The van der Waals surface area contributed by atoms with Gasteiger partial charge in [0.2, 0.25) is 0 Å². The number of hydrogen-bond donors (Lipinski definition) is 1. The molecule has 4 nitrogen and oxygen atoms in total. The van der Waals surface area contributed by atoms with Crippen LogP contribution in [0.1, 0.15) is 28.8 Å². The van der Waals surface area contributed by atoms with Crippen LogP contribution in [0.15, 0.2) is 82.4 Å². The van der Waals surface area contributed by atoms with Crippen LogP contribution >= 0.6 is 11.6 Å². The fourth-order valence-electron chi connectivity index (χ4n) is 3.28. The molecule has 0 spiro atoms. The first-order chi connectivity index (χ1) is 12.2. The summed E-state index contributed by atoms with van der Waals surface area (Å²) in [5.74, 6) is 6.89. The van der Waals surface area contributed by atoms with Crippen LogP contribution in [-0.4, -0.2) is 11.0 Å². The first-order valence-corrected chi connectivity index (χ1v) is 8.34. The molecule has 2 aliphatic carbocycles. The minimum atomic E-state index is -0.480. The molecular weight excluding hydrogens is 336 g/mol. The number of benzene rings is 1. The van der Waals surface area contributed by atoms with Gasteiger partial charge in [0.05, 0.1) is 5.71 Å². The maximum atomic E-state index is 11.9. The van der Waals surface area contributed by atoms with Crippen LogP contribution in [0, 0.1) is 0 Å². The average Bonchev–Trinajstić information content (AvgIpc) is 2.65. The quantitative estimate of drug-likeness (QED) is 0.493. The predicted molar refractivity (Wildman–Crippen MR) is 98.9 cm³/mol. The Morgan fingerprint density at radius 1 is 1.20 bits per heavy atom. The van der Waals surface area contributed by atoms with Crippen molar-refractivity contribution in [2.24, 2.45) is 10.9 Å². The third kappa shape index (κ3) is 2.65. The standard InChI is InChI=1S/C20H15ClN2O2/c21-20(24)14-6-2-1-5-13(14)19-15-7-3-4-8-17(15)25-18-11-12(23-22)9-10-16(18)19/h1-3,5-8,10-11H,4,9,22H2. The zero-order valence-electron chi connectivity index (χ0n) is 13.3. The molecule has 1 aliphatic heterocycles. The van der Waals surface area contributed by atoms with Gasteiger partial charge < -0.3 is 10.6 Å². The summed E-state index contributed by atoms with van der Waals surface area (Å²) in [7, 11) is 0. The maximum absolute atomic E-state index is 11.9. The molecule has 0 unspecified atom stereocenters. The summed E-state index contributed by atoms with van der Waals surface area (Å²) >= 11 is 5.83. The number of nitrogens with zero attached hydrogens (tertiary/aromatic N) is 1. The van der Waals surface area contributed by atoms with E-state index in [1.807, 2.05) is 42.5 Å². The predicted octanol–water partition coefficient (Wildman–Crippen LogP) is 4.22. The molecule has 0 aromatic heterocycles. The molecule has 0 fully saturated rings. The second-order valence-corrected chi connectivity index (χ2v) is 6.21. The zero-order valence-corrected chi connectivity index (χ0v) is 14.1. The highest BCUT2D eigenvalue weighted by atomic mass is 35.5. The zero-order chi connectivity index (χ0) is 17.4. The fraction of sp³-hybridized carbons (Fsp3) is 0.100. The number of carbonyl (C=O) groups excluding carboxylic acids is 1. The summed E-state index contributed by atoms with van der Waals surface area (Å²) in [6.07, 6.45) is 11.4. The molecule has 124 valence electrons. The molecule has 0 amide bonds. The number of carbonyl (C=O) groups is 1. The second-order valence-electron chi connectivity index (χ2n) is 5.87. The van der Waals surface area contributed by atoms with Crippen LogP contribution in [0.3, 0.4) is 0 Å². The molecular formula is C20H15ClN2O2. The van der Waals surface area contributed by atoms with Gasteiger partial charge in [-0.05, 0) is 35.7 Å². The Bertz CT molecular complexity index is 962. The highest BCUT2D eigenvalue weighted by Crippen LogP contribution is 2.45. The van der Waals surface area contributed by atoms with Crippen LogP contribution in [-0.2, 0) is 4.74 Å². The molecule has 1 heterocycles. The number of halogens is 1. The summed E-state index contributed by atoms with van der Waals surface area (Å²) in [6.45, 7) is 0. The molecule has 0 saturated carbocycles. The van der Waals surface area contributed by atoms with E-state index in [0.29, 0.717) is 17.7 Å². The Balaban J connectivity index is 2.00. The van der Waals surface area contributed by atoms with Crippen LogP contribution < -0.4 is 5.84 Å². The molecule has 0 atom stereocenters. The highest BCUT2D eigenvalue weighted by Gasteiger charge is 2.31. The molecule has 0 bridgehead atoms. The van der Waals surface area contributed by atoms with E-state index in [2.05, 4.69) is 11.2 Å². The third-order valence-corrected chi connectivity index (χ3v) is 4.60. The van der Waals surface area contributed by atoms with Crippen molar-refractivity contribution in [3.8, 4) is 0 Å². The number of fused-ring (bicyclic) bond motifs is 2. The van der Waals surface area contributed by atoms with Gasteiger partial charge in [-0.3, -0.25) is 4.79 Å². The number of nitrogens with two attached hydrogens (primary N) is 1. The fourth-order valence-corrected chi connectivity index (χ4v) is 3.44. The minimum Gasteiger partial charge on any atom is -0.456 e. The summed E-state index contributed by atoms with van der Waals surface area (Å²) in [6, 6.07) is 7.36. The van der Waals surface area contributed by atoms with Gasteiger partial charge in [-0.15, -0.1) is 0 Å². The van der Waals surface area contributed by atoms with Gasteiger partial charge >= 0.3 is 0 Å². The van der Waals surface area contributed by atoms with Crippen LogP contribution in [0.5, 0.6) is 0 Å². The maximum Gasteiger partial charge on any atom is 0.253 e. The van der Waals surface area contributed by atoms with E-state index in [1.54, 1.807) is 6.07 Å². The van der Waals surface area contributed by atoms with Crippen LogP contribution in [0.25, 0.3) is 5.57 Å². The third-order valence-electron chi connectivity index (χ3n) is 4.40. The van der Waals surface area contributed by atoms with Crippen molar-refractivity contribution in [3.63, 3.8) is 0 Å². The van der Waals surface area contributed by atoms with E-state index in [1.165, 1.54) is 0 Å². The van der Waals surface area contributed by atoms with E-state index in [-0.39, 0.29) is 0 Å². The van der Waals surface area contributed by atoms with Gasteiger partial charge in [0.25, 0.3) is 5.24 Å². The van der Waals surface area contributed by atoms with Crippen molar-refractivity contribution >= 4 is 28.1 Å². The van der Waals surface area contributed by atoms with E-state index in [4.69, 9.17) is 22.2 Å². The lowest BCUT2D eigenvalue weighted by molar-refractivity contribution is 0.108. The number of hydrazone groups is 1. The Hall–Kier alpha value is -2.85. The Kier molecular flexibility index (Phi) is 3.90. The lowest BCUT2D eigenvalue weighted by Crippen LogP contribution is -2.17. The van der Waals surface area contributed by atoms with Crippen molar-refractivity contribution in [3.05, 3.63) is 88.4 Å². The molecule has 3 aliphatic rings. The minimum absolute atomic E-state index is 0.477. The van der Waals surface area contributed by atoms with Crippen LogP contribution in [0.2, 0.25) is 0 Å². The summed E-state index contributed by atoms with van der Waals surface area (Å²) < 4.78 is 6.07. The van der Waals surface area contributed by atoms with Gasteiger partial charge in [-0.1, -0.05) is 36.4 Å². The second kappa shape index (κ2) is 6.22. The van der Waals surface area contributed by atoms with Crippen molar-refractivity contribution in [2.45, 2.75) is 12.8 Å². The molecule has 2 N–H and O–H groups in total. The van der Waals surface area contributed by atoms with E-state index >= 15 is 0 Å². The Labute approximate surface area is 150 Å². The van der Waals surface area contributed by atoms with Gasteiger partial charge in [-0.2, -0.15) is 5.10 Å². The van der Waals surface area contributed by atoms with Gasteiger partial charge in [0.1, 0.15) is 11.5 Å². The highest BCUT2D eigenvalue weighted by molar-refractivity contribution is 6.68. The molecule has 1 aromatic carbocycles. The monoisotopic (exact) mass is 350 g/mol. The normalized spacial score (nSPS) is 20.2. The molecule has 0 radical (unpaired) electrons. The number of allylic oxidation sites excluding steroid dienone is 6. The molecule has 5 heteroatoms. The number of hydrogen-bond acceptors (Lipinski definition) is 4. The topological polar surface area (TPSA) is 64.7 Å². The van der Waals surface area contributed by atoms with E-state index in [9.17, 15) is 4.79 Å². The van der Waals surface area contributed by atoms with Gasteiger partial charge in [-0.25, -0.2) is 0 Å². The van der Waals surface area contributed by atoms with Crippen molar-refractivity contribution in [2.75, 3.05) is 0 Å². The lowest BCUT2D eigenvalue weighted by Gasteiger charge is -2.30. The Morgan fingerprint density at radius 3 is 2.84 bits per heavy atom.